The molecule has 1 N–H and O–H groups in total. The molecule has 2 aromatic rings. The summed E-state index contributed by atoms with van der Waals surface area (Å²) >= 11 is 1.55. The molecule has 22 heavy (non-hydrogen) atoms. The largest absolute Gasteiger partial charge is 0.273 e. The second-order valence-corrected chi connectivity index (χ2v) is 6.58. The Balaban J connectivity index is 2.06. The van der Waals surface area contributed by atoms with E-state index in [1.165, 1.54) is 11.1 Å². The van der Waals surface area contributed by atoms with E-state index in [1.807, 2.05) is 19.2 Å². The molecule has 4 nitrogen and oxygen atoms in total. The molecule has 5 heteroatoms. The fourth-order valence-electron chi connectivity index (χ4n) is 2.25. The molecule has 1 aromatic heterocycles. The summed E-state index contributed by atoms with van der Waals surface area (Å²) in [4.78, 5) is 16.2. The van der Waals surface area contributed by atoms with Gasteiger partial charge in [0.1, 0.15) is 0 Å². The number of aryl methyl sites for hydroxylation is 4. The van der Waals surface area contributed by atoms with Crippen LogP contribution in [-0.4, -0.2) is 16.6 Å². The summed E-state index contributed by atoms with van der Waals surface area (Å²) in [7, 11) is 0. The zero-order valence-corrected chi connectivity index (χ0v) is 14.5. The van der Waals surface area contributed by atoms with Crippen LogP contribution in [0.5, 0.6) is 0 Å². The fraction of sp³-hybridized carbons (Fsp3) is 0.353. The molecule has 0 fully saturated rings. The minimum Gasteiger partial charge on any atom is -0.273 e. The Morgan fingerprint density at radius 1 is 1.18 bits per heavy atom. The number of thiazole rings is 1. The van der Waals surface area contributed by atoms with E-state index in [-0.39, 0.29) is 12.3 Å². The van der Waals surface area contributed by atoms with Crippen LogP contribution in [0.3, 0.4) is 0 Å². The summed E-state index contributed by atoms with van der Waals surface area (Å²) in [6, 6.07) is 4.25. The predicted molar refractivity (Wildman–Crippen MR) is 91.6 cm³/mol. The Kier molecular flexibility index (Phi) is 5.08. The van der Waals surface area contributed by atoms with Crippen LogP contribution in [0.1, 0.15) is 39.9 Å². The molecule has 1 amide bonds. The van der Waals surface area contributed by atoms with Crippen LogP contribution in [0.2, 0.25) is 0 Å². The third-order valence-electron chi connectivity index (χ3n) is 3.59. The van der Waals surface area contributed by atoms with E-state index in [2.05, 4.69) is 48.4 Å². The van der Waals surface area contributed by atoms with E-state index in [9.17, 15) is 4.79 Å². The van der Waals surface area contributed by atoms with Gasteiger partial charge in [-0.15, -0.1) is 11.3 Å². The number of nitrogens with zero attached hydrogens (tertiary/aromatic N) is 2. The average Bonchev–Trinajstić information content (AvgIpc) is 2.85. The number of carbonyl (C=O) groups is 1. The maximum absolute atomic E-state index is 11.9. The van der Waals surface area contributed by atoms with Gasteiger partial charge in [-0.25, -0.2) is 10.4 Å². The molecule has 0 saturated carbocycles. The molecule has 0 unspecified atom stereocenters. The second kappa shape index (κ2) is 6.83. The van der Waals surface area contributed by atoms with Gasteiger partial charge in [0.2, 0.25) is 5.91 Å². The lowest BCUT2D eigenvalue weighted by Gasteiger charge is -2.09. The van der Waals surface area contributed by atoms with Gasteiger partial charge in [-0.3, -0.25) is 4.79 Å². The second-order valence-electron chi connectivity index (χ2n) is 5.52. The van der Waals surface area contributed by atoms with Crippen LogP contribution >= 0.6 is 11.3 Å². The molecular formula is C17H21N3OS. The van der Waals surface area contributed by atoms with Crippen molar-refractivity contribution in [3.8, 4) is 0 Å². The average molecular weight is 315 g/mol. The summed E-state index contributed by atoms with van der Waals surface area (Å²) in [5.41, 5.74) is 8.92. The smallest absolute Gasteiger partial charge is 0.246 e. The van der Waals surface area contributed by atoms with Gasteiger partial charge >= 0.3 is 0 Å². The number of hydrogen-bond donors (Lipinski definition) is 1. The maximum Gasteiger partial charge on any atom is 0.246 e. The normalized spacial score (nSPS) is 11.6. The highest BCUT2D eigenvalue weighted by Gasteiger charge is 2.08. The minimum absolute atomic E-state index is 0.147. The van der Waals surface area contributed by atoms with Gasteiger partial charge < -0.3 is 0 Å². The van der Waals surface area contributed by atoms with Crippen LogP contribution in [0.15, 0.2) is 22.6 Å². The molecule has 0 radical (unpaired) electrons. The molecule has 116 valence electrons. The number of nitrogens with one attached hydrogen (secondary N) is 1. The van der Waals surface area contributed by atoms with Crippen molar-refractivity contribution in [1.82, 2.24) is 10.4 Å². The van der Waals surface area contributed by atoms with Crippen molar-refractivity contribution >= 4 is 23.0 Å². The van der Waals surface area contributed by atoms with Gasteiger partial charge in [0.05, 0.1) is 22.8 Å². The highest BCUT2D eigenvalue weighted by atomic mass is 32.1. The monoisotopic (exact) mass is 315 g/mol. The first-order valence-electron chi connectivity index (χ1n) is 7.19. The summed E-state index contributed by atoms with van der Waals surface area (Å²) in [5.74, 6) is -0.147. The first-order chi connectivity index (χ1) is 10.4. The van der Waals surface area contributed by atoms with Gasteiger partial charge in [-0.2, -0.15) is 5.10 Å². The van der Waals surface area contributed by atoms with Crippen molar-refractivity contribution in [3.63, 3.8) is 0 Å². The summed E-state index contributed by atoms with van der Waals surface area (Å²) in [6.07, 6.45) is 0.257. The highest BCUT2D eigenvalue weighted by molar-refractivity contribution is 7.09. The van der Waals surface area contributed by atoms with Gasteiger partial charge in [-0.1, -0.05) is 6.07 Å². The van der Waals surface area contributed by atoms with E-state index in [1.54, 1.807) is 11.3 Å². The Hall–Kier alpha value is -2.01. The molecule has 0 aliphatic carbocycles. The molecule has 0 aliphatic heterocycles. The van der Waals surface area contributed by atoms with Crippen LogP contribution in [0.25, 0.3) is 0 Å². The van der Waals surface area contributed by atoms with Gasteiger partial charge in [-0.05, 0) is 57.4 Å². The molecule has 1 aromatic carbocycles. The van der Waals surface area contributed by atoms with E-state index in [0.29, 0.717) is 0 Å². The van der Waals surface area contributed by atoms with Crippen LogP contribution < -0.4 is 5.43 Å². The lowest BCUT2D eigenvalue weighted by molar-refractivity contribution is -0.120. The third kappa shape index (κ3) is 4.01. The van der Waals surface area contributed by atoms with Crippen molar-refractivity contribution in [3.05, 3.63) is 50.5 Å². The number of hydrazone groups is 1. The van der Waals surface area contributed by atoms with Crippen molar-refractivity contribution in [1.29, 1.82) is 0 Å². The Bertz CT molecular complexity index is 732. The quantitative estimate of drug-likeness (QED) is 0.694. The van der Waals surface area contributed by atoms with Gasteiger partial charge in [0.25, 0.3) is 0 Å². The topological polar surface area (TPSA) is 54.4 Å². The van der Waals surface area contributed by atoms with E-state index in [0.717, 1.165) is 27.5 Å². The summed E-state index contributed by atoms with van der Waals surface area (Å²) in [6.45, 7) is 10.1. The molecule has 2 rings (SSSR count). The van der Waals surface area contributed by atoms with E-state index in [4.69, 9.17) is 0 Å². The standard InChI is InChI=1S/C17H21N3OS/c1-10-6-12(3)16(7-11(10)2)13(4)19-20-17(21)8-15-9-22-14(5)18-15/h6-7,9H,8H2,1-5H3,(H,20,21)/b19-13-. The molecule has 0 spiro atoms. The predicted octanol–water partition coefficient (Wildman–Crippen LogP) is 3.46. The highest BCUT2D eigenvalue weighted by Crippen LogP contribution is 2.16. The zero-order valence-electron chi connectivity index (χ0n) is 13.7. The maximum atomic E-state index is 11.9. The summed E-state index contributed by atoms with van der Waals surface area (Å²) < 4.78 is 0. The first-order valence-corrected chi connectivity index (χ1v) is 8.07. The molecule has 0 aliphatic rings. The van der Waals surface area contributed by atoms with Crippen molar-refractivity contribution in [2.24, 2.45) is 5.10 Å². The first kappa shape index (κ1) is 16.4. The fourth-order valence-corrected chi connectivity index (χ4v) is 2.86. The van der Waals surface area contributed by atoms with Crippen LogP contribution in [0.4, 0.5) is 0 Å². The lowest BCUT2D eigenvalue weighted by Crippen LogP contribution is -2.21. The number of hydrogen-bond acceptors (Lipinski definition) is 4. The van der Waals surface area contributed by atoms with Gasteiger partial charge in [0.15, 0.2) is 0 Å². The molecule has 0 bridgehead atoms. The number of amides is 1. The number of aromatic nitrogens is 1. The Labute approximate surface area is 135 Å². The zero-order chi connectivity index (χ0) is 16.3. The minimum atomic E-state index is -0.147. The molecule has 0 saturated heterocycles. The molecule has 1 heterocycles. The van der Waals surface area contributed by atoms with E-state index >= 15 is 0 Å². The third-order valence-corrected chi connectivity index (χ3v) is 4.41. The number of carbonyl (C=O) groups excluding carboxylic acids is 1. The van der Waals surface area contributed by atoms with Crippen LogP contribution in [-0.2, 0) is 11.2 Å². The molecular weight excluding hydrogens is 294 g/mol. The van der Waals surface area contributed by atoms with E-state index < -0.39 is 0 Å². The Morgan fingerprint density at radius 3 is 2.50 bits per heavy atom. The number of rotatable bonds is 4. The SMILES string of the molecule is C/C(=N/NC(=O)Cc1csc(C)n1)c1cc(C)c(C)cc1C. The summed E-state index contributed by atoms with van der Waals surface area (Å²) in [5, 5.41) is 7.09. The van der Waals surface area contributed by atoms with Crippen molar-refractivity contribution < 1.29 is 4.79 Å². The molecule has 0 atom stereocenters. The van der Waals surface area contributed by atoms with Gasteiger partial charge in [0, 0.05) is 10.9 Å². The van der Waals surface area contributed by atoms with Crippen molar-refractivity contribution in [2.45, 2.75) is 41.0 Å². The Morgan fingerprint density at radius 2 is 1.86 bits per heavy atom. The number of benzene rings is 1. The lowest BCUT2D eigenvalue weighted by atomic mass is 9.98. The van der Waals surface area contributed by atoms with Crippen LogP contribution in [0, 0.1) is 27.7 Å². The van der Waals surface area contributed by atoms with Crippen molar-refractivity contribution in [2.75, 3.05) is 0 Å².